The third-order valence-corrected chi connectivity index (χ3v) is 6.38. The first-order valence-corrected chi connectivity index (χ1v) is 12.3. The van der Waals surface area contributed by atoms with Crippen LogP contribution in [0.25, 0.3) is 21.8 Å². The summed E-state index contributed by atoms with van der Waals surface area (Å²) in [5, 5.41) is 2.58. The molecule has 4 rings (SSSR count). The second-order valence-corrected chi connectivity index (χ2v) is 8.83. The number of fused-ring (bicyclic) bond motifs is 3. The highest BCUT2D eigenvalue weighted by atomic mass is 79.9. The van der Waals surface area contributed by atoms with Crippen molar-refractivity contribution in [1.29, 1.82) is 0 Å². The monoisotopic (exact) mass is 508 g/mol. The van der Waals surface area contributed by atoms with Crippen LogP contribution < -0.4 is 4.74 Å². The number of benzene rings is 2. The first-order chi connectivity index (χ1) is 15.8. The molecule has 2 aromatic heterocycles. The van der Waals surface area contributed by atoms with Crippen LogP contribution in [0.4, 0.5) is 0 Å². The predicted molar refractivity (Wildman–Crippen MR) is 146 cm³/mol. The molecular formula is C29H37BrN2O. The zero-order valence-electron chi connectivity index (χ0n) is 20.1. The van der Waals surface area contributed by atoms with Gasteiger partial charge in [-0.1, -0.05) is 69.4 Å². The maximum absolute atomic E-state index is 6.15. The summed E-state index contributed by atoms with van der Waals surface area (Å²) in [6.45, 7) is 6.15. The molecule has 4 aromatic rings. The minimum atomic E-state index is 0. The van der Waals surface area contributed by atoms with Crippen LogP contribution in [-0.4, -0.2) is 16.2 Å². The molecule has 0 atom stereocenters. The van der Waals surface area contributed by atoms with Crippen molar-refractivity contribution in [3.8, 4) is 5.75 Å². The summed E-state index contributed by atoms with van der Waals surface area (Å²) in [5.41, 5.74) is 4.99. The highest BCUT2D eigenvalue weighted by Gasteiger charge is 2.14. The van der Waals surface area contributed by atoms with Crippen LogP contribution in [0.5, 0.6) is 5.75 Å². The van der Waals surface area contributed by atoms with Crippen LogP contribution in [0.2, 0.25) is 0 Å². The Kier molecular flexibility index (Phi) is 9.80. The van der Waals surface area contributed by atoms with E-state index in [1.807, 2.05) is 6.20 Å². The molecule has 0 N–H and O–H groups in total. The van der Waals surface area contributed by atoms with Gasteiger partial charge in [0.05, 0.1) is 23.3 Å². The molecule has 0 radical (unpaired) electrons. The van der Waals surface area contributed by atoms with Crippen molar-refractivity contribution in [2.24, 2.45) is 0 Å². The second-order valence-electron chi connectivity index (χ2n) is 8.83. The summed E-state index contributed by atoms with van der Waals surface area (Å²) in [5.74, 6) is 0.976. The summed E-state index contributed by atoms with van der Waals surface area (Å²) in [7, 11) is 0. The summed E-state index contributed by atoms with van der Waals surface area (Å²) in [6, 6.07) is 19.5. The molecule has 2 aromatic carbocycles. The normalized spacial score (nSPS) is 11.1. The number of aryl methyl sites for hydroxylation is 3. The molecule has 0 spiro atoms. The van der Waals surface area contributed by atoms with Gasteiger partial charge >= 0.3 is 0 Å². The topological polar surface area (TPSA) is 27.1 Å². The van der Waals surface area contributed by atoms with Crippen molar-refractivity contribution in [2.75, 3.05) is 6.61 Å². The van der Waals surface area contributed by atoms with E-state index in [1.165, 1.54) is 59.5 Å². The van der Waals surface area contributed by atoms with Crippen molar-refractivity contribution in [2.45, 2.75) is 71.8 Å². The number of rotatable bonds is 12. The van der Waals surface area contributed by atoms with E-state index in [2.05, 4.69) is 78.0 Å². The Morgan fingerprint density at radius 2 is 1.64 bits per heavy atom. The number of nitrogens with zero attached hydrogens (tertiary/aromatic N) is 2. The lowest BCUT2D eigenvalue weighted by molar-refractivity contribution is 0.304. The SMILES string of the molecule is Br.CCCCCCCCOc1ccc2c3ccnc(C)c3n(CCCc3ccccc3)c2c1. The molecule has 0 fully saturated rings. The first kappa shape index (κ1) is 25.3. The molecular weight excluding hydrogens is 472 g/mol. The van der Waals surface area contributed by atoms with Gasteiger partial charge < -0.3 is 9.30 Å². The molecule has 0 bridgehead atoms. The predicted octanol–water partition coefficient (Wildman–Crippen LogP) is 8.45. The maximum Gasteiger partial charge on any atom is 0.121 e. The van der Waals surface area contributed by atoms with E-state index in [0.29, 0.717) is 0 Å². The van der Waals surface area contributed by atoms with Crippen molar-refractivity contribution in [1.82, 2.24) is 9.55 Å². The Morgan fingerprint density at radius 3 is 2.45 bits per heavy atom. The van der Waals surface area contributed by atoms with Gasteiger partial charge in [-0.2, -0.15) is 0 Å². The van der Waals surface area contributed by atoms with Crippen molar-refractivity contribution in [3.05, 3.63) is 72.1 Å². The summed E-state index contributed by atoms with van der Waals surface area (Å²) in [6.07, 6.45) is 11.8. The molecule has 0 saturated heterocycles. The molecule has 0 aliphatic rings. The molecule has 0 aliphatic carbocycles. The third-order valence-electron chi connectivity index (χ3n) is 6.38. The van der Waals surface area contributed by atoms with Gasteiger partial charge in [0.25, 0.3) is 0 Å². The van der Waals surface area contributed by atoms with Crippen molar-refractivity contribution < 1.29 is 4.74 Å². The molecule has 0 unspecified atom stereocenters. The first-order valence-electron chi connectivity index (χ1n) is 12.3. The smallest absolute Gasteiger partial charge is 0.121 e. The fourth-order valence-corrected chi connectivity index (χ4v) is 4.68. The lowest BCUT2D eigenvalue weighted by Crippen LogP contribution is -2.02. The number of pyridine rings is 1. The lowest BCUT2D eigenvalue weighted by atomic mass is 10.1. The second kappa shape index (κ2) is 12.8. The summed E-state index contributed by atoms with van der Waals surface area (Å²) >= 11 is 0. The number of hydrogen-bond acceptors (Lipinski definition) is 2. The Balaban J connectivity index is 0.00000306. The Morgan fingerprint density at radius 1 is 0.848 bits per heavy atom. The third kappa shape index (κ3) is 6.38. The van der Waals surface area contributed by atoms with Crippen LogP contribution in [0.3, 0.4) is 0 Å². The molecule has 176 valence electrons. The average molecular weight is 510 g/mol. The van der Waals surface area contributed by atoms with Crippen LogP contribution in [0.15, 0.2) is 60.8 Å². The van der Waals surface area contributed by atoms with E-state index in [9.17, 15) is 0 Å². The van der Waals surface area contributed by atoms with Gasteiger partial charge in [-0.25, -0.2) is 0 Å². The zero-order valence-corrected chi connectivity index (χ0v) is 21.8. The quantitative estimate of drug-likeness (QED) is 0.179. The Labute approximate surface area is 208 Å². The molecule has 4 heteroatoms. The largest absolute Gasteiger partial charge is 0.494 e. The fraction of sp³-hybridized carbons (Fsp3) is 0.414. The van der Waals surface area contributed by atoms with Gasteiger partial charge in [0.1, 0.15) is 5.75 Å². The van der Waals surface area contributed by atoms with Crippen LogP contribution in [0.1, 0.15) is 63.1 Å². The Hall–Kier alpha value is -2.33. The maximum atomic E-state index is 6.15. The molecule has 0 saturated carbocycles. The molecule has 0 amide bonds. The number of hydrogen-bond donors (Lipinski definition) is 0. The van der Waals surface area contributed by atoms with Gasteiger partial charge in [-0.15, -0.1) is 17.0 Å². The van der Waals surface area contributed by atoms with Gasteiger partial charge in [0, 0.05) is 29.6 Å². The molecule has 3 nitrogen and oxygen atoms in total. The van der Waals surface area contributed by atoms with Gasteiger partial charge in [-0.05, 0) is 49.9 Å². The Bertz CT molecular complexity index is 1140. The van der Waals surface area contributed by atoms with Crippen LogP contribution in [0, 0.1) is 6.92 Å². The highest BCUT2D eigenvalue weighted by Crippen LogP contribution is 2.33. The van der Waals surface area contributed by atoms with Crippen LogP contribution >= 0.6 is 17.0 Å². The zero-order chi connectivity index (χ0) is 22.2. The standard InChI is InChI=1S/C29H36N2O.BrH/c1-3-4-5-6-7-11-21-32-25-16-17-26-27-18-19-30-23(2)29(27)31(28(26)22-25)20-12-15-24-13-9-8-10-14-24;/h8-10,13-14,16-19,22H,3-7,11-12,15,20-21H2,1-2H3;1H. The summed E-state index contributed by atoms with van der Waals surface area (Å²) in [4.78, 5) is 4.59. The fourth-order valence-electron chi connectivity index (χ4n) is 4.68. The van der Waals surface area contributed by atoms with E-state index in [1.54, 1.807) is 0 Å². The minimum Gasteiger partial charge on any atom is -0.494 e. The number of aromatic nitrogens is 2. The minimum absolute atomic E-state index is 0. The van der Waals surface area contributed by atoms with E-state index in [-0.39, 0.29) is 17.0 Å². The highest BCUT2D eigenvalue weighted by molar-refractivity contribution is 8.93. The van der Waals surface area contributed by atoms with Gasteiger partial charge in [0.2, 0.25) is 0 Å². The van der Waals surface area contributed by atoms with Gasteiger partial charge in [0.15, 0.2) is 0 Å². The van der Waals surface area contributed by atoms with Crippen molar-refractivity contribution in [3.63, 3.8) is 0 Å². The lowest BCUT2D eigenvalue weighted by Gasteiger charge is -2.10. The number of unbranched alkanes of at least 4 members (excludes halogenated alkanes) is 5. The molecule has 33 heavy (non-hydrogen) atoms. The molecule has 0 aliphatic heterocycles. The van der Waals surface area contributed by atoms with Gasteiger partial charge in [-0.3, -0.25) is 4.98 Å². The van der Waals surface area contributed by atoms with E-state index in [4.69, 9.17) is 4.74 Å². The average Bonchev–Trinajstić information content (AvgIpc) is 3.13. The van der Waals surface area contributed by atoms with E-state index < -0.39 is 0 Å². The number of halogens is 1. The number of ether oxygens (including phenoxy) is 1. The van der Waals surface area contributed by atoms with E-state index in [0.717, 1.165) is 43.9 Å². The molecule has 2 heterocycles. The van der Waals surface area contributed by atoms with Crippen LogP contribution in [-0.2, 0) is 13.0 Å². The van der Waals surface area contributed by atoms with Crippen molar-refractivity contribution >= 4 is 38.8 Å². The van der Waals surface area contributed by atoms with E-state index >= 15 is 0 Å². The summed E-state index contributed by atoms with van der Waals surface area (Å²) < 4.78 is 8.60.